The third-order valence-electron chi connectivity index (χ3n) is 3.99. The van der Waals surface area contributed by atoms with Crippen LogP contribution in [0.2, 0.25) is 0 Å². The summed E-state index contributed by atoms with van der Waals surface area (Å²) in [5, 5.41) is 3.60. The van der Waals surface area contributed by atoms with Crippen molar-refractivity contribution in [1.29, 1.82) is 0 Å². The first kappa shape index (κ1) is 14.7. The van der Waals surface area contributed by atoms with Crippen molar-refractivity contribution in [2.45, 2.75) is 38.9 Å². The van der Waals surface area contributed by atoms with Gasteiger partial charge in [0.2, 0.25) is 0 Å². The van der Waals surface area contributed by atoms with E-state index in [2.05, 4.69) is 51.4 Å². The predicted molar refractivity (Wildman–Crippen MR) is 89.6 cm³/mol. The van der Waals surface area contributed by atoms with Crippen LogP contribution in [-0.4, -0.2) is 13.1 Å². The van der Waals surface area contributed by atoms with Gasteiger partial charge in [0.1, 0.15) is 5.76 Å². The summed E-state index contributed by atoms with van der Waals surface area (Å²) in [6.45, 7) is 3.80. The number of rotatable bonds is 6. The van der Waals surface area contributed by atoms with Crippen LogP contribution in [0, 0.1) is 6.92 Å². The van der Waals surface area contributed by atoms with Crippen molar-refractivity contribution in [1.82, 2.24) is 5.32 Å². The number of halogens is 1. The maximum absolute atomic E-state index is 5.39. The van der Waals surface area contributed by atoms with Crippen LogP contribution >= 0.6 is 15.9 Å². The molecule has 0 spiro atoms. The lowest BCUT2D eigenvalue weighted by Crippen LogP contribution is -2.21. The van der Waals surface area contributed by atoms with E-state index in [9.17, 15) is 0 Å². The predicted octanol–water partition coefficient (Wildman–Crippen LogP) is 4.24. The molecule has 112 valence electrons. The molecule has 0 atom stereocenters. The number of anilines is 1. The molecular weight excluding hydrogens is 328 g/mol. The third kappa shape index (κ3) is 3.69. The maximum Gasteiger partial charge on any atom is 0.105 e. The molecule has 1 aromatic carbocycles. The smallest absolute Gasteiger partial charge is 0.105 e. The van der Waals surface area contributed by atoms with Crippen LogP contribution in [0.15, 0.2) is 39.4 Å². The van der Waals surface area contributed by atoms with Crippen LogP contribution < -0.4 is 10.2 Å². The first-order valence-corrected chi connectivity index (χ1v) is 8.18. The number of hydrogen-bond acceptors (Lipinski definition) is 3. The molecule has 0 saturated heterocycles. The summed E-state index contributed by atoms with van der Waals surface area (Å²) in [6, 6.07) is 9.27. The molecule has 0 unspecified atom stereocenters. The van der Waals surface area contributed by atoms with Gasteiger partial charge in [-0.1, -0.05) is 15.9 Å². The molecule has 2 aromatic rings. The second-order valence-corrected chi connectivity index (χ2v) is 6.70. The highest BCUT2D eigenvalue weighted by Crippen LogP contribution is 2.27. The second-order valence-electron chi connectivity index (χ2n) is 5.79. The molecule has 1 heterocycles. The molecule has 0 radical (unpaired) electrons. The van der Waals surface area contributed by atoms with E-state index < -0.39 is 0 Å². The average molecular weight is 349 g/mol. The third-order valence-corrected chi connectivity index (χ3v) is 4.48. The van der Waals surface area contributed by atoms with E-state index in [1.807, 2.05) is 13.0 Å². The molecule has 0 amide bonds. The summed E-state index contributed by atoms with van der Waals surface area (Å²) in [5.74, 6) is 0.997. The van der Waals surface area contributed by atoms with Crippen LogP contribution in [0.3, 0.4) is 0 Å². The summed E-state index contributed by atoms with van der Waals surface area (Å²) in [7, 11) is 2.14. The van der Waals surface area contributed by atoms with Gasteiger partial charge >= 0.3 is 0 Å². The molecule has 3 rings (SSSR count). The molecule has 1 aliphatic carbocycles. The van der Waals surface area contributed by atoms with E-state index in [0.29, 0.717) is 0 Å². The van der Waals surface area contributed by atoms with Gasteiger partial charge in [0, 0.05) is 41.9 Å². The summed E-state index contributed by atoms with van der Waals surface area (Å²) >= 11 is 3.58. The fourth-order valence-electron chi connectivity index (χ4n) is 2.53. The van der Waals surface area contributed by atoms with Crippen molar-refractivity contribution >= 4 is 21.6 Å². The standard InChI is InChI=1S/C17H21BrN2O/c1-12-13(7-8-21-12)11-20(2)17-6-3-15(18)9-14(17)10-19-16-4-5-16/h3,6-9,16,19H,4-5,10-11H2,1-2H3. The van der Waals surface area contributed by atoms with E-state index in [4.69, 9.17) is 4.42 Å². The molecule has 3 nitrogen and oxygen atoms in total. The SMILES string of the molecule is Cc1occc1CN(C)c1ccc(Br)cc1CNC1CC1. The highest BCUT2D eigenvalue weighted by Gasteiger charge is 2.21. The summed E-state index contributed by atoms with van der Waals surface area (Å²) < 4.78 is 6.52. The molecule has 1 saturated carbocycles. The Labute approximate surface area is 134 Å². The van der Waals surface area contributed by atoms with Crippen molar-refractivity contribution in [2.75, 3.05) is 11.9 Å². The topological polar surface area (TPSA) is 28.4 Å². The van der Waals surface area contributed by atoms with Gasteiger partial charge in [-0.05, 0) is 49.6 Å². The van der Waals surface area contributed by atoms with Crippen LogP contribution in [0.5, 0.6) is 0 Å². The van der Waals surface area contributed by atoms with Crippen molar-refractivity contribution in [3.05, 3.63) is 51.9 Å². The van der Waals surface area contributed by atoms with E-state index in [1.54, 1.807) is 6.26 Å². The Balaban J connectivity index is 1.77. The van der Waals surface area contributed by atoms with Crippen molar-refractivity contribution < 1.29 is 4.42 Å². The van der Waals surface area contributed by atoms with E-state index >= 15 is 0 Å². The quantitative estimate of drug-likeness (QED) is 0.846. The zero-order valence-electron chi connectivity index (χ0n) is 12.5. The number of hydrogen-bond donors (Lipinski definition) is 1. The minimum Gasteiger partial charge on any atom is -0.469 e. The largest absolute Gasteiger partial charge is 0.469 e. The molecule has 0 aliphatic heterocycles. The first-order chi connectivity index (χ1) is 10.1. The van der Waals surface area contributed by atoms with Gasteiger partial charge in [-0.2, -0.15) is 0 Å². The van der Waals surface area contributed by atoms with Gasteiger partial charge in [0.05, 0.1) is 6.26 Å². The monoisotopic (exact) mass is 348 g/mol. The summed E-state index contributed by atoms with van der Waals surface area (Å²) in [6.07, 6.45) is 4.39. The molecule has 1 N–H and O–H groups in total. The van der Waals surface area contributed by atoms with Crippen LogP contribution in [0.4, 0.5) is 5.69 Å². The van der Waals surface area contributed by atoms with Crippen molar-refractivity contribution in [2.24, 2.45) is 0 Å². The molecule has 4 heteroatoms. The lowest BCUT2D eigenvalue weighted by atomic mass is 10.1. The Morgan fingerprint density at radius 1 is 1.29 bits per heavy atom. The van der Waals surface area contributed by atoms with Gasteiger partial charge in [-0.3, -0.25) is 0 Å². The number of benzene rings is 1. The van der Waals surface area contributed by atoms with Gasteiger partial charge < -0.3 is 14.6 Å². The normalized spacial score (nSPS) is 14.4. The minimum absolute atomic E-state index is 0.721. The molecule has 1 aromatic heterocycles. The zero-order valence-corrected chi connectivity index (χ0v) is 14.1. The highest BCUT2D eigenvalue weighted by atomic mass is 79.9. The van der Waals surface area contributed by atoms with Gasteiger partial charge in [-0.15, -0.1) is 0 Å². The zero-order chi connectivity index (χ0) is 14.8. The fraction of sp³-hybridized carbons (Fsp3) is 0.412. The van der Waals surface area contributed by atoms with Crippen molar-refractivity contribution in [3.8, 4) is 0 Å². The lowest BCUT2D eigenvalue weighted by Gasteiger charge is -2.23. The van der Waals surface area contributed by atoms with Gasteiger partial charge in [-0.25, -0.2) is 0 Å². The van der Waals surface area contributed by atoms with E-state index in [-0.39, 0.29) is 0 Å². The number of aryl methyl sites for hydroxylation is 1. The Kier molecular flexibility index (Phi) is 4.36. The van der Waals surface area contributed by atoms with Crippen LogP contribution in [0.1, 0.15) is 29.7 Å². The fourth-order valence-corrected chi connectivity index (χ4v) is 2.93. The Bertz CT molecular complexity index is 619. The lowest BCUT2D eigenvalue weighted by molar-refractivity contribution is 0.529. The first-order valence-electron chi connectivity index (χ1n) is 7.39. The number of nitrogens with zero attached hydrogens (tertiary/aromatic N) is 1. The molecule has 0 bridgehead atoms. The maximum atomic E-state index is 5.39. The molecule has 1 fully saturated rings. The highest BCUT2D eigenvalue weighted by molar-refractivity contribution is 9.10. The number of furan rings is 1. The van der Waals surface area contributed by atoms with Gasteiger partial charge in [0.15, 0.2) is 0 Å². The average Bonchev–Trinajstić information content (AvgIpc) is 3.20. The molecular formula is C17H21BrN2O. The second kappa shape index (κ2) is 6.24. The van der Waals surface area contributed by atoms with Crippen LogP contribution in [0.25, 0.3) is 0 Å². The number of nitrogens with one attached hydrogen (secondary N) is 1. The van der Waals surface area contributed by atoms with Crippen molar-refractivity contribution in [3.63, 3.8) is 0 Å². The van der Waals surface area contributed by atoms with E-state index in [0.717, 1.165) is 29.4 Å². The Hall–Kier alpha value is -1.26. The van der Waals surface area contributed by atoms with Crippen LogP contribution in [-0.2, 0) is 13.1 Å². The molecule has 1 aliphatic rings. The Morgan fingerprint density at radius 2 is 2.10 bits per heavy atom. The van der Waals surface area contributed by atoms with E-state index in [1.165, 1.54) is 29.7 Å². The minimum atomic E-state index is 0.721. The van der Waals surface area contributed by atoms with Gasteiger partial charge in [0.25, 0.3) is 0 Å². The Morgan fingerprint density at radius 3 is 2.76 bits per heavy atom. The molecule has 21 heavy (non-hydrogen) atoms. The summed E-state index contributed by atoms with van der Waals surface area (Å²) in [4.78, 5) is 2.29. The summed E-state index contributed by atoms with van der Waals surface area (Å²) in [5.41, 5.74) is 3.84.